The van der Waals surface area contributed by atoms with Gasteiger partial charge >= 0.3 is 0 Å². The van der Waals surface area contributed by atoms with Crippen LogP contribution in [0, 0.1) is 0 Å². The zero-order valence-corrected chi connectivity index (χ0v) is 18.0. The largest absolute Gasteiger partial charge is 0.386 e. The van der Waals surface area contributed by atoms with E-state index in [4.69, 9.17) is 23.7 Å². The molecular weight excluding hydrogens is 396 g/mol. The number of hydrogen-bond acceptors (Lipinski definition) is 6. The van der Waals surface area contributed by atoms with Gasteiger partial charge in [0.2, 0.25) is 0 Å². The molecule has 4 rings (SSSR count). The summed E-state index contributed by atoms with van der Waals surface area (Å²) in [6, 6.07) is 19.7. The lowest BCUT2D eigenvalue weighted by Gasteiger charge is -2.38. The summed E-state index contributed by atoms with van der Waals surface area (Å²) in [5.74, 6) is -0.806. The second-order valence-corrected chi connectivity index (χ2v) is 8.42. The van der Waals surface area contributed by atoms with E-state index in [9.17, 15) is 5.11 Å². The molecule has 2 aliphatic rings. The van der Waals surface area contributed by atoms with Gasteiger partial charge in [0.05, 0.1) is 19.8 Å². The molecule has 5 atom stereocenters. The van der Waals surface area contributed by atoms with Crippen LogP contribution in [-0.2, 0) is 36.9 Å². The highest BCUT2D eigenvalue weighted by molar-refractivity contribution is 5.16. The van der Waals surface area contributed by atoms with E-state index in [0.29, 0.717) is 13.2 Å². The molecule has 0 spiro atoms. The molecule has 6 heteroatoms. The Bertz CT molecular complexity index is 855. The van der Waals surface area contributed by atoms with Crippen LogP contribution in [0.3, 0.4) is 0 Å². The normalized spacial score (nSPS) is 30.1. The summed E-state index contributed by atoms with van der Waals surface area (Å²) in [5, 5.41) is 10.9. The molecule has 0 saturated carbocycles. The van der Waals surface area contributed by atoms with Gasteiger partial charge in [-0.25, -0.2) is 0 Å². The van der Waals surface area contributed by atoms with Crippen LogP contribution in [0.25, 0.3) is 0 Å². The molecule has 0 unspecified atom stereocenters. The third kappa shape index (κ3) is 4.75. The summed E-state index contributed by atoms with van der Waals surface area (Å²) < 4.78 is 30.7. The zero-order chi connectivity index (χ0) is 21.9. The molecular formula is C25H30O6. The van der Waals surface area contributed by atoms with Gasteiger partial charge in [-0.3, -0.25) is 0 Å². The SMILES string of the molecule is C=C[C@H](O)[C@]1(COCc2ccccc2)O[C@@H]2OC(C)(C)O[C@@H]2[C@@H]1OCc1ccccc1. The molecule has 2 aromatic rings. The number of fused-ring (bicyclic) bond motifs is 1. The smallest absolute Gasteiger partial charge is 0.190 e. The van der Waals surface area contributed by atoms with Crippen molar-refractivity contribution in [3.05, 3.63) is 84.4 Å². The molecule has 31 heavy (non-hydrogen) atoms. The van der Waals surface area contributed by atoms with Crippen LogP contribution in [0.15, 0.2) is 73.3 Å². The van der Waals surface area contributed by atoms with Crippen LogP contribution in [0.5, 0.6) is 0 Å². The number of aliphatic hydroxyl groups excluding tert-OH is 1. The minimum atomic E-state index is -1.21. The van der Waals surface area contributed by atoms with Crippen LogP contribution < -0.4 is 0 Å². The molecule has 2 saturated heterocycles. The molecule has 0 bridgehead atoms. The van der Waals surface area contributed by atoms with Crippen LogP contribution in [-0.4, -0.2) is 47.7 Å². The van der Waals surface area contributed by atoms with Gasteiger partial charge in [0.15, 0.2) is 17.7 Å². The molecule has 0 aromatic heterocycles. The molecule has 2 fully saturated rings. The van der Waals surface area contributed by atoms with Crippen LogP contribution >= 0.6 is 0 Å². The van der Waals surface area contributed by atoms with Crippen molar-refractivity contribution in [3.8, 4) is 0 Å². The zero-order valence-electron chi connectivity index (χ0n) is 18.0. The minimum Gasteiger partial charge on any atom is -0.386 e. The maximum Gasteiger partial charge on any atom is 0.190 e. The van der Waals surface area contributed by atoms with Crippen molar-refractivity contribution < 1.29 is 28.8 Å². The van der Waals surface area contributed by atoms with E-state index in [0.717, 1.165) is 11.1 Å². The highest BCUT2D eigenvalue weighted by atomic mass is 16.8. The van der Waals surface area contributed by atoms with E-state index < -0.39 is 36.0 Å². The number of benzene rings is 2. The van der Waals surface area contributed by atoms with E-state index in [1.54, 1.807) is 0 Å². The van der Waals surface area contributed by atoms with Gasteiger partial charge < -0.3 is 28.8 Å². The van der Waals surface area contributed by atoms with E-state index in [1.807, 2.05) is 74.5 Å². The van der Waals surface area contributed by atoms with E-state index in [-0.39, 0.29) is 6.61 Å². The summed E-state index contributed by atoms with van der Waals surface area (Å²) in [6.45, 7) is 8.25. The third-order valence-electron chi connectivity index (χ3n) is 5.64. The first-order valence-electron chi connectivity index (χ1n) is 10.5. The second-order valence-electron chi connectivity index (χ2n) is 8.42. The van der Waals surface area contributed by atoms with Gasteiger partial charge in [-0.1, -0.05) is 66.7 Å². The number of hydrogen-bond donors (Lipinski definition) is 1. The summed E-state index contributed by atoms with van der Waals surface area (Å²) in [7, 11) is 0. The molecule has 1 N–H and O–H groups in total. The minimum absolute atomic E-state index is 0.0920. The Morgan fingerprint density at radius 1 is 0.968 bits per heavy atom. The first-order chi connectivity index (χ1) is 14.9. The molecule has 6 nitrogen and oxygen atoms in total. The topological polar surface area (TPSA) is 66.4 Å². The Morgan fingerprint density at radius 3 is 2.19 bits per heavy atom. The molecule has 0 radical (unpaired) electrons. The fourth-order valence-electron chi connectivity index (χ4n) is 4.15. The van der Waals surface area contributed by atoms with E-state index in [1.165, 1.54) is 6.08 Å². The fourth-order valence-corrected chi connectivity index (χ4v) is 4.15. The van der Waals surface area contributed by atoms with E-state index in [2.05, 4.69) is 6.58 Å². The second kappa shape index (κ2) is 9.20. The summed E-state index contributed by atoms with van der Waals surface area (Å²) >= 11 is 0. The molecule has 166 valence electrons. The monoisotopic (exact) mass is 426 g/mol. The summed E-state index contributed by atoms with van der Waals surface area (Å²) in [5.41, 5.74) is 0.826. The third-order valence-corrected chi connectivity index (χ3v) is 5.64. The number of rotatable bonds is 9. The van der Waals surface area contributed by atoms with Gasteiger partial charge in [-0.15, -0.1) is 6.58 Å². The Morgan fingerprint density at radius 2 is 1.58 bits per heavy atom. The summed E-state index contributed by atoms with van der Waals surface area (Å²) in [4.78, 5) is 0. The number of aliphatic hydroxyl groups is 1. The van der Waals surface area contributed by atoms with Crippen molar-refractivity contribution in [1.82, 2.24) is 0 Å². The fraction of sp³-hybridized carbons (Fsp3) is 0.440. The molecule has 2 aliphatic heterocycles. The lowest BCUT2D eigenvalue weighted by atomic mass is 9.89. The van der Waals surface area contributed by atoms with Crippen molar-refractivity contribution in [2.45, 2.75) is 63.1 Å². The Kier molecular flexibility index (Phi) is 6.57. The van der Waals surface area contributed by atoms with Gasteiger partial charge in [-0.2, -0.15) is 0 Å². The first kappa shape index (κ1) is 22.1. The Hall–Kier alpha value is -2.06. The average molecular weight is 427 g/mol. The lowest BCUT2D eigenvalue weighted by Crippen LogP contribution is -2.57. The van der Waals surface area contributed by atoms with Gasteiger partial charge in [0.1, 0.15) is 18.3 Å². The molecule has 2 heterocycles. The van der Waals surface area contributed by atoms with Crippen molar-refractivity contribution in [2.24, 2.45) is 0 Å². The van der Waals surface area contributed by atoms with Gasteiger partial charge in [0.25, 0.3) is 0 Å². The lowest BCUT2D eigenvalue weighted by molar-refractivity contribution is -0.270. The highest BCUT2D eigenvalue weighted by Gasteiger charge is 2.65. The molecule has 0 aliphatic carbocycles. The van der Waals surface area contributed by atoms with Crippen molar-refractivity contribution in [1.29, 1.82) is 0 Å². The molecule has 2 aromatic carbocycles. The number of ether oxygens (including phenoxy) is 5. The Labute approximate surface area is 183 Å². The first-order valence-corrected chi connectivity index (χ1v) is 10.5. The maximum atomic E-state index is 10.9. The highest BCUT2D eigenvalue weighted by Crippen LogP contribution is 2.46. The van der Waals surface area contributed by atoms with Crippen molar-refractivity contribution in [3.63, 3.8) is 0 Å². The average Bonchev–Trinajstić information content (AvgIpc) is 3.22. The predicted octanol–water partition coefficient (Wildman–Crippen LogP) is 3.58. The van der Waals surface area contributed by atoms with Crippen molar-refractivity contribution in [2.75, 3.05) is 6.61 Å². The maximum absolute atomic E-state index is 10.9. The van der Waals surface area contributed by atoms with Crippen molar-refractivity contribution >= 4 is 0 Å². The van der Waals surface area contributed by atoms with Crippen LogP contribution in [0.2, 0.25) is 0 Å². The van der Waals surface area contributed by atoms with E-state index >= 15 is 0 Å². The van der Waals surface area contributed by atoms with Gasteiger partial charge in [-0.05, 0) is 25.0 Å². The standard InChI is InChI=1S/C25H30O6/c1-4-20(26)25(17-27-15-18-11-7-5-8-12-18)22(28-16-19-13-9-6-10-14-19)21-23(31-25)30-24(2,3)29-21/h4-14,20-23,26H,1,15-17H2,2-3H3/t20-,21+,22-,23-,25-/m0/s1. The molecule has 0 amide bonds. The van der Waals surface area contributed by atoms with Crippen LogP contribution in [0.4, 0.5) is 0 Å². The van der Waals surface area contributed by atoms with Crippen LogP contribution in [0.1, 0.15) is 25.0 Å². The predicted molar refractivity (Wildman–Crippen MR) is 115 cm³/mol. The van der Waals surface area contributed by atoms with Gasteiger partial charge in [0, 0.05) is 0 Å². The summed E-state index contributed by atoms with van der Waals surface area (Å²) in [6.07, 6.45) is -1.40. The Balaban J connectivity index is 1.56. The quantitative estimate of drug-likeness (QED) is 0.619.